The number of hydrogen-bond acceptors (Lipinski definition) is 5. The molecule has 0 N–H and O–H groups in total. The molecule has 22 heavy (non-hydrogen) atoms. The predicted octanol–water partition coefficient (Wildman–Crippen LogP) is 2.83. The first-order valence-electron chi connectivity index (χ1n) is 8.75. The predicted molar refractivity (Wildman–Crippen MR) is 86.9 cm³/mol. The Hall–Kier alpha value is -1.30. The van der Waals surface area contributed by atoms with Crippen LogP contribution in [0, 0.1) is 0 Å². The molecule has 2 aliphatic heterocycles. The normalized spacial score (nSPS) is 25.5. The second-order valence-electron chi connectivity index (χ2n) is 5.06. The van der Waals surface area contributed by atoms with Gasteiger partial charge in [0, 0.05) is 23.4 Å². The molecule has 6 heteroatoms. The summed E-state index contributed by atoms with van der Waals surface area (Å²) in [5, 5.41) is -0.113. The number of rotatable bonds is 3. The van der Waals surface area contributed by atoms with E-state index in [9.17, 15) is 9.59 Å². The maximum Gasteiger partial charge on any atom is 0.327 e. The minimum Gasteiger partial charge on any atom is -0.468 e. The molecule has 116 valence electrons. The summed E-state index contributed by atoms with van der Waals surface area (Å²) in [5.74, 6) is -0.659. The van der Waals surface area contributed by atoms with Gasteiger partial charge >= 0.3 is 5.97 Å². The number of carbonyl (C=O) groups excluding carboxylic acids is 2. The van der Waals surface area contributed by atoms with Gasteiger partial charge in [0.2, 0.25) is 5.12 Å². The molecule has 0 radical (unpaired) electrons. The van der Waals surface area contributed by atoms with Crippen LogP contribution in [0.15, 0.2) is 35.8 Å². The zero-order valence-electron chi connectivity index (χ0n) is 15.8. The second-order valence-corrected chi connectivity index (χ2v) is 6.64. The van der Waals surface area contributed by atoms with Crippen LogP contribution in [0.1, 0.15) is 23.5 Å². The average Bonchev–Trinajstić information content (AvgIpc) is 3.00. The van der Waals surface area contributed by atoms with Crippen molar-refractivity contribution in [3.8, 4) is 0 Å². The number of benzene rings is 1. The fraction of sp³-hybridized carbons (Fsp3) is 0.375. The van der Waals surface area contributed by atoms with E-state index in [0.29, 0.717) is 19.5 Å². The largest absolute Gasteiger partial charge is 0.468 e. The van der Waals surface area contributed by atoms with Gasteiger partial charge in [-0.25, -0.2) is 4.79 Å². The van der Waals surface area contributed by atoms with Gasteiger partial charge < -0.3 is 4.74 Å². The van der Waals surface area contributed by atoms with E-state index in [1.807, 2.05) is 0 Å². The summed E-state index contributed by atoms with van der Waals surface area (Å²) >= 11 is 7.47. The molecule has 2 heterocycles. The Balaban J connectivity index is 2.07. The van der Waals surface area contributed by atoms with Crippen LogP contribution in [0.2, 0.25) is 5.02 Å². The third kappa shape index (κ3) is 2.93. The van der Waals surface area contributed by atoms with Gasteiger partial charge in [0.05, 0.1) is 12.6 Å². The van der Waals surface area contributed by atoms with Crippen molar-refractivity contribution in [2.75, 3.05) is 20.2 Å². The van der Waals surface area contributed by atoms with E-state index >= 15 is 0 Å². The van der Waals surface area contributed by atoms with Gasteiger partial charge in [-0.3, -0.25) is 9.69 Å². The zero-order chi connectivity index (χ0) is 19.2. The van der Waals surface area contributed by atoms with Crippen LogP contribution < -0.4 is 0 Å². The molecule has 2 unspecified atom stereocenters. The summed E-state index contributed by atoms with van der Waals surface area (Å²) in [5.41, 5.74) is 0.901. The van der Waals surface area contributed by atoms with Crippen molar-refractivity contribution < 1.29 is 19.8 Å². The van der Waals surface area contributed by atoms with Gasteiger partial charge in [-0.1, -0.05) is 41.5 Å². The van der Waals surface area contributed by atoms with E-state index in [4.69, 9.17) is 21.8 Å². The topological polar surface area (TPSA) is 46.6 Å². The number of carbonyl (C=O) groups is 2. The molecule has 2 atom stereocenters. The average molecular weight is 342 g/mol. The highest BCUT2D eigenvalue weighted by atomic mass is 35.5. The number of hydrogen-bond donors (Lipinski definition) is 0. The van der Waals surface area contributed by atoms with Crippen molar-refractivity contribution in [2.45, 2.75) is 17.7 Å². The number of esters is 1. The van der Waals surface area contributed by atoms with Crippen LogP contribution in [0.3, 0.4) is 0 Å². The van der Waals surface area contributed by atoms with E-state index < -0.39 is 30.1 Å². The van der Waals surface area contributed by atoms with Crippen LogP contribution in [-0.4, -0.2) is 41.4 Å². The molecule has 0 saturated carbocycles. The highest BCUT2D eigenvalue weighted by Gasteiger charge is 2.37. The van der Waals surface area contributed by atoms with Crippen molar-refractivity contribution in [3.05, 3.63) is 46.4 Å². The molecule has 1 aromatic rings. The molecule has 1 aromatic carbocycles. The van der Waals surface area contributed by atoms with Crippen molar-refractivity contribution in [1.82, 2.24) is 4.90 Å². The number of ether oxygens (including phenoxy) is 1. The second kappa shape index (κ2) is 6.44. The monoisotopic (exact) mass is 341 g/mol. The Labute approximate surface area is 144 Å². The van der Waals surface area contributed by atoms with Crippen LogP contribution in [0.4, 0.5) is 0 Å². The van der Waals surface area contributed by atoms with Gasteiger partial charge in [0.1, 0.15) is 6.04 Å². The Bertz CT molecular complexity index is 803. The number of piperidine rings is 1. The SMILES string of the molecule is [2H]c1c([2H])c([2H])c(C(C(=O)OC)N2CCC3SC(=O)C=C3C2)c(Cl)c1[2H]. The molecular weight excluding hydrogens is 322 g/mol. The minimum absolute atomic E-state index is 0.000503. The number of thioether (sulfide) groups is 1. The molecule has 0 aliphatic carbocycles. The molecular formula is C16H16ClNO3S. The molecule has 0 bridgehead atoms. The quantitative estimate of drug-likeness (QED) is 0.791. The summed E-state index contributed by atoms with van der Waals surface area (Å²) in [7, 11) is 1.22. The minimum atomic E-state index is -1.07. The van der Waals surface area contributed by atoms with E-state index in [2.05, 4.69) is 0 Å². The highest BCUT2D eigenvalue weighted by Crippen LogP contribution is 2.38. The molecule has 4 nitrogen and oxygen atoms in total. The van der Waals surface area contributed by atoms with Gasteiger partial charge in [0.25, 0.3) is 0 Å². The maximum absolute atomic E-state index is 12.5. The lowest BCUT2D eigenvalue weighted by atomic mass is 9.98. The van der Waals surface area contributed by atoms with Crippen LogP contribution >= 0.6 is 23.4 Å². The summed E-state index contributed by atoms with van der Waals surface area (Å²) in [6.45, 7) is 0.809. The summed E-state index contributed by atoms with van der Waals surface area (Å²) in [6, 6.07) is -2.73. The lowest BCUT2D eigenvalue weighted by Crippen LogP contribution is -2.42. The fourth-order valence-corrected chi connectivity index (χ4v) is 3.97. The van der Waals surface area contributed by atoms with E-state index in [0.717, 1.165) is 5.57 Å². The van der Waals surface area contributed by atoms with Gasteiger partial charge in [0.15, 0.2) is 0 Å². The molecule has 1 fully saturated rings. The Kier molecular flexibility index (Phi) is 3.30. The van der Waals surface area contributed by atoms with Gasteiger partial charge in [-0.2, -0.15) is 0 Å². The van der Waals surface area contributed by atoms with Crippen molar-refractivity contribution >= 4 is 34.4 Å². The molecule has 0 aromatic heterocycles. The smallest absolute Gasteiger partial charge is 0.327 e. The summed E-state index contributed by atoms with van der Waals surface area (Å²) in [4.78, 5) is 25.9. The van der Waals surface area contributed by atoms with E-state index in [1.165, 1.54) is 18.9 Å². The highest BCUT2D eigenvalue weighted by molar-refractivity contribution is 8.15. The first-order chi connectivity index (χ1) is 12.3. The fourth-order valence-electron chi connectivity index (χ4n) is 2.76. The van der Waals surface area contributed by atoms with Crippen molar-refractivity contribution in [1.29, 1.82) is 0 Å². The Morgan fingerprint density at radius 1 is 1.55 bits per heavy atom. The van der Waals surface area contributed by atoms with E-state index in [-0.39, 0.29) is 27.0 Å². The number of nitrogens with zero attached hydrogens (tertiary/aromatic N) is 1. The number of methoxy groups -OCH3 is 1. The lowest BCUT2D eigenvalue weighted by molar-refractivity contribution is -0.147. The maximum atomic E-state index is 12.5. The Morgan fingerprint density at radius 3 is 3.09 bits per heavy atom. The molecule has 0 amide bonds. The Morgan fingerprint density at radius 2 is 2.32 bits per heavy atom. The molecule has 2 aliphatic rings. The van der Waals surface area contributed by atoms with Crippen LogP contribution in [0.5, 0.6) is 0 Å². The third-order valence-corrected chi connectivity index (χ3v) is 5.24. The summed E-state index contributed by atoms with van der Waals surface area (Å²) in [6.07, 6.45) is 2.22. The molecule has 0 spiro atoms. The number of likely N-dealkylation sites (tertiary alicyclic amines) is 1. The summed E-state index contributed by atoms with van der Waals surface area (Å²) < 4.78 is 36.6. The third-order valence-electron chi connectivity index (χ3n) is 3.77. The number of fused-ring (bicyclic) bond motifs is 1. The van der Waals surface area contributed by atoms with Crippen molar-refractivity contribution in [3.63, 3.8) is 0 Å². The van der Waals surface area contributed by atoms with Crippen molar-refractivity contribution in [2.24, 2.45) is 0 Å². The first kappa shape index (κ1) is 11.3. The van der Waals surface area contributed by atoms with Gasteiger partial charge in [-0.15, -0.1) is 0 Å². The van der Waals surface area contributed by atoms with Crippen LogP contribution in [-0.2, 0) is 14.3 Å². The first-order valence-corrected chi connectivity index (χ1v) is 8.00. The molecule has 1 saturated heterocycles. The van der Waals surface area contributed by atoms with Gasteiger partial charge in [-0.05, 0) is 29.7 Å². The van der Waals surface area contributed by atoms with E-state index in [1.54, 1.807) is 11.0 Å². The standard InChI is InChI=1S/C16H16ClNO3S/c1-21-16(20)15(11-4-2-3-5-12(11)17)18-7-6-13-10(9-18)8-14(19)22-13/h2-5,8,13,15H,6-7,9H2,1H3/i2D,3D,4D,5D. The lowest BCUT2D eigenvalue weighted by Gasteiger charge is -2.36. The zero-order valence-corrected chi connectivity index (χ0v) is 13.4. The van der Waals surface area contributed by atoms with Crippen LogP contribution in [0.25, 0.3) is 0 Å². The number of halogens is 1. The molecule has 3 rings (SSSR count).